The summed E-state index contributed by atoms with van der Waals surface area (Å²) in [7, 11) is 0. The van der Waals surface area contributed by atoms with Gasteiger partial charge in [-0.2, -0.15) is 0 Å². The Kier molecular flexibility index (Phi) is 35.4. The molecule has 0 aromatic carbocycles. The third kappa shape index (κ3) is 42.4. The van der Waals surface area contributed by atoms with Crippen molar-refractivity contribution in [2.75, 3.05) is 13.1 Å². The van der Waals surface area contributed by atoms with Crippen LogP contribution in [-0.2, 0) is 9.59 Å². The average Bonchev–Trinajstić information content (AvgIpc) is 1.89. The van der Waals surface area contributed by atoms with Crippen molar-refractivity contribution in [2.45, 2.75) is 0 Å². The molecule has 12 heavy (non-hydrogen) atoms. The molecular weight excluding hydrogens is 220 g/mol. The molecule has 0 aliphatic heterocycles. The van der Waals surface area contributed by atoms with Crippen molar-refractivity contribution in [3.8, 4) is 0 Å². The minimum atomic E-state index is -1.08. The van der Waals surface area contributed by atoms with Crippen LogP contribution in [0, 0.1) is 0 Å². The zero-order valence-electron chi connectivity index (χ0n) is 6.54. The van der Waals surface area contributed by atoms with Crippen LogP contribution in [-0.4, -0.2) is 111 Å². The molecule has 0 spiro atoms. The molecule has 0 rings (SSSR count). The van der Waals surface area contributed by atoms with Crippen LogP contribution in [0.15, 0.2) is 0 Å². The van der Waals surface area contributed by atoms with E-state index in [4.69, 9.17) is 21.7 Å². The molecule has 0 saturated carbocycles. The van der Waals surface area contributed by atoms with Crippen LogP contribution in [0.3, 0.4) is 0 Å². The van der Waals surface area contributed by atoms with E-state index in [0.29, 0.717) is 0 Å². The maximum absolute atomic E-state index is 9.18. The fourth-order valence-corrected chi connectivity index (χ4v) is 0. The first-order chi connectivity index (χ1) is 4.54. The SMILES string of the molecule is [Ca+2].[Ca].[NH-]CC(=O)O.[NH-]CC(=O)O. The van der Waals surface area contributed by atoms with E-state index in [1.807, 2.05) is 0 Å². The van der Waals surface area contributed by atoms with Crippen LogP contribution in [0.25, 0.3) is 11.5 Å². The molecule has 0 bridgehead atoms. The van der Waals surface area contributed by atoms with Gasteiger partial charge in [-0.05, 0) is 0 Å². The van der Waals surface area contributed by atoms with Gasteiger partial charge in [0.15, 0.2) is 0 Å². The molecule has 0 heterocycles. The summed E-state index contributed by atoms with van der Waals surface area (Å²) in [4.78, 5) is 18.4. The van der Waals surface area contributed by atoms with Crippen LogP contribution < -0.4 is 0 Å². The number of carbonyl (C=O) groups is 2. The summed E-state index contributed by atoms with van der Waals surface area (Å²) in [5.41, 5.74) is 12.1. The van der Waals surface area contributed by atoms with E-state index in [0.717, 1.165) is 0 Å². The summed E-state index contributed by atoms with van der Waals surface area (Å²) in [5.74, 6) is -2.16. The summed E-state index contributed by atoms with van der Waals surface area (Å²) < 4.78 is 0. The van der Waals surface area contributed by atoms with Crippen molar-refractivity contribution in [3.05, 3.63) is 11.5 Å². The predicted octanol–water partition coefficient (Wildman–Crippen LogP) is -0.515. The second-order valence-corrected chi connectivity index (χ2v) is 1.14. The largest absolute Gasteiger partial charge is 2.00 e. The van der Waals surface area contributed by atoms with Crippen molar-refractivity contribution in [3.63, 3.8) is 0 Å². The third-order valence-electron chi connectivity index (χ3n) is 0.302. The molecule has 0 aliphatic carbocycles. The minimum Gasteiger partial charge on any atom is -0.668 e. The Labute approximate surface area is 130 Å². The Hall–Kier alpha value is 1.38. The van der Waals surface area contributed by atoms with Gasteiger partial charge in [0, 0.05) is 37.7 Å². The van der Waals surface area contributed by atoms with Gasteiger partial charge in [0.25, 0.3) is 11.9 Å². The number of nitrogens with one attached hydrogen (secondary N) is 2. The number of carboxylic acid groups (broad SMARTS) is 2. The van der Waals surface area contributed by atoms with Gasteiger partial charge in [0.2, 0.25) is 0 Å². The molecule has 4 N–H and O–H groups in total. The van der Waals surface area contributed by atoms with E-state index in [-0.39, 0.29) is 75.5 Å². The van der Waals surface area contributed by atoms with Crippen LogP contribution >= 0.6 is 0 Å². The van der Waals surface area contributed by atoms with Crippen LogP contribution in [0.5, 0.6) is 0 Å². The van der Waals surface area contributed by atoms with Gasteiger partial charge in [-0.3, -0.25) is 9.59 Å². The molecule has 8 heteroatoms. The van der Waals surface area contributed by atoms with Crippen LogP contribution in [0.2, 0.25) is 0 Å². The van der Waals surface area contributed by atoms with Gasteiger partial charge in [0.05, 0.1) is 0 Å². The number of hydrogen-bond acceptors (Lipinski definition) is 2. The topological polar surface area (TPSA) is 122 Å². The maximum atomic E-state index is 9.18. The first kappa shape index (κ1) is 23.3. The van der Waals surface area contributed by atoms with Gasteiger partial charge in [-0.1, -0.05) is 13.1 Å². The Balaban J connectivity index is -0.0000000457. The van der Waals surface area contributed by atoms with Crippen molar-refractivity contribution < 1.29 is 19.8 Å². The normalized spacial score (nSPS) is 6.17. The molecule has 2 radical (unpaired) electrons. The predicted molar refractivity (Wildman–Crippen MR) is 45.2 cm³/mol. The smallest absolute Gasteiger partial charge is 0.668 e. The molecule has 0 amide bonds. The van der Waals surface area contributed by atoms with Crippen molar-refractivity contribution in [1.82, 2.24) is 0 Å². The summed E-state index contributed by atoms with van der Waals surface area (Å²) in [6.45, 7) is -1.06. The van der Waals surface area contributed by atoms with Crippen molar-refractivity contribution in [2.24, 2.45) is 0 Å². The quantitative estimate of drug-likeness (QED) is 0.617. The molecule has 0 aromatic rings. The molecule has 6 nitrogen and oxygen atoms in total. The molecule has 0 saturated heterocycles. The minimum absolute atomic E-state index is 0. The molecular formula is C4H8Ca2N2O4. The second kappa shape index (κ2) is 18.2. The Morgan fingerprint density at radius 1 is 1.00 bits per heavy atom. The monoisotopic (exact) mass is 228 g/mol. The molecule has 0 aromatic heterocycles. The van der Waals surface area contributed by atoms with Crippen LogP contribution in [0.4, 0.5) is 0 Å². The summed E-state index contributed by atoms with van der Waals surface area (Å²) in [6.07, 6.45) is 0. The van der Waals surface area contributed by atoms with Gasteiger partial charge in [-0.15, -0.1) is 0 Å². The summed E-state index contributed by atoms with van der Waals surface area (Å²) >= 11 is 0. The number of carboxylic acids is 2. The Bertz CT molecular complexity index is 108. The maximum Gasteiger partial charge on any atom is 2.00 e. The molecule has 0 aliphatic rings. The number of rotatable bonds is 2. The van der Waals surface area contributed by atoms with Crippen LogP contribution in [0.1, 0.15) is 0 Å². The first-order valence-corrected chi connectivity index (χ1v) is 2.27. The van der Waals surface area contributed by atoms with Gasteiger partial charge < -0.3 is 21.7 Å². The second-order valence-electron chi connectivity index (χ2n) is 1.14. The van der Waals surface area contributed by atoms with Crippen molar-refractivity contribution >= 4 is 87.4 Å². The van der Waals surface area contributed by atoms with E-state index >= 15 is 0 Å². The van der Waals surface area contributed by atoms with Crippen molar-refractivity contribution in [1.29, 1.82) is 0 Å². The van der Waals surface area contributed by atoms with E-state index in [1.54, 1.807) is 0 Å². The van der Waals surface area contributed by atoms with Gasteiger partial charge in [0.1, 0.15) is 0 Å². The van der Waals surface area contributed by atoms with E-state index in [1.165, 1.54) is 0 Å². The summed E-state index contributed by atoms with van der Waals surface area (Å²) in [6, 6.07) is 0. The molecule has 0 fully saturated rings. The fourth-order valence-electron chi connectivity index (χ4n) is 0. The number of aliphatic carboxylic acids is 2. The standard InChI is InChI=1S/2C2H4NO2.2Ca/c2*3-1-2(4)5;;/h2*3H,1H2,(H,4,5);;/q2*-1;;+2. The van der Waals surface area contributed by atoms with E-state index in [2.05, 4.69) is 0 Å². The fraction of sp³-hybridized carbons (Fsp3) is 0.500. The van der Waals surface area contributed by atoms with E-state index in [9.17, 15) is 9.59 Å². The average molecular weight is 228 g/mol. The first-order valence-electron chi connectivity index (χ1n) is 2.27. The van der Waals surface area contributed by atoms with Gasteiger partial charge >= 0.3 is 37.7 Å². The van der Waals surface area contributed by atoms with Gasteiger partial charge in [-0.25, -0.2) is 0 Å². The van der Waals surface area contributed by atoms with E-state index < -0.39 is 25.0 Å². The molecule has 0 atom stereocenters. The zero-order chi connectivity index (χ0) is 8.57. The summed E-state index contributed by atoms with van der Waals surface area (Å²) in [5, 5.41) is 15.1. The molecule has 0 unspecified atom stereocenters. The zero-order valence-corrected chi connectivity index (χ0v) is 11.0. The Morgan fingerprint density at radius 3 is 1.08 bits per heavy atom. The Morgan fingerprint density at radius 2 is 1.08 bits per heavy atom. The third-order valence-corrected chi connectivity index (χ3v) is 0.302. The number of hydrogen-bond donors (Lipinski definition) is 2. The molecule has 62 valence electrons.